The lowest BCUT2D eigenvalue weighted by atomic mass is 10.1. The lowest BCUT2D eigenvalue weighted by Crippen LogP contribution is -2.26. The van der Waals surface area contributed by atoms with E-state index in [2.05, 4.69) is 67.6 Å². The van der Waals surface area contributed by atoms with Gasteiger partial charge in [-0.3, -0.25) is 0 Å². The number of rotatable bonds is 7. The Morgan fingerprint density at radius 1 is 0.889 bits per heavy atom. The molecule has 3 aromatic carbocycles. The van der Waals surface area contributed by atoms with Crippen LogP contribution < -0.4 is 15.9 Å². The van der Waals surface area contributed by atoms with E-state index in [1.807, 2.05) is 18.2 Å². The van der Waals surface area contributed by atoms with E-state index >= 15 is 0 Å². The summed E-state index contributed by atoms with van der Waals surface area (Å²) in [4.78, 5) is 12.5. The van der Waals surface area contributed by atoms with Crippen molar-refractivity contribution in [1.29, 1.82) is 0 Å². The van der Waals surface area contributed by atoms with Crippen LogP contribution in [-0.4, -0.2) is 13.1 Å². The molecule has 0 atom stereocenters. The minimum absolute atomic E-state index is 0.272. The Hall–Kier alpha value is -2.44. The summed E-state index contributed by atoms with van der Waals surface area (Å²) in [6.45, 7) is 2.20. The molecule has 0 unspecified atom stereocenters. The van der Waals surface area contributed by atoms with Gasteiger partial charge in [-0.05, 0) is 54.4 Å². The van der Waals surface area contributed by atoms with Gasteiger partial charge < -0.3 is 4.74 Å². The van der Waals surface area contributed by atoms with Crippen LogP contribution in [0.5, 0.6) is 0 Å². The minimum Gasteiger partial charge on any atom is -0.465 e. The van der Waals surface area contributed by atoms with Crippen molar-refractivity contribution in [2.45, 2.75) is 26.2 Å². The molecule has 0 aliphatic rings. The molecule has 0 amide bonds. The van der Waals surface area contributed by atoms with Crippen molar-refractivity contribution in [3.05, 3.63) is 90.0 Å². The van der Waals surface area contributed by atoms with Crippen molar-refractivity contribution in [2.24, 2.45) is 0 Å². The third-order valence-electron chi connectivity index (χ3n) is 4.56. The molecule has 0 saturated heterocycles. The van der Waals surface area contributed by atoms with Crippen molar-refractivity contribution in [3.63, 3.8) is 0 Å². The van der Waals surface area contributed by atoms with Crippen LogP contribution in [0.3, 0.4) is 0 Å². The first-order chi connectivity index (χ1) is 13.2. The molecular formula is C24H25O2P. The average Bonchev–Trinajstić information content (AvgIpc) is 2.73. The normalized spacial score (nSPS) is 10.8. The van der Waals surface area contributed by atoms with Crippen LogP contribution in [0.2, 0.25) is 0 Å². The van der Waals surface area contributed by atoms with Crippen LogP contribution in [0.15, 0.2) is 78.9 Å². The van der Waals surface area contributed by atoms with Gasteiger partial charge in [0, 0.05) is 0 Å². The van der Waals surface area contributed by atoms with Crippen molar-refractivity contribution in [3.8, 4) is 0 Å². The number of unbranched alkanes of at least 4 members (excludes halogenated alkanes) is 1. The zero-order valence-electron chi connectivity index (χ0n) is 15.9. The number of hydrogen-bond acceptors (Lipinski definition) is 2. The van der Waals surface area contributed by atoms with E-state index in [0.29, 0.717) is 5.56 Å². The zero-order chi connectivity index (χ0) is 19.1. The Morgan fingerprint density at radius 3 is 2.00 bits per heavy atom. The van der Waals surface area contributed by atoms with Crippen molar-refractivity contribution >= 4 is 29.8 Å². The molecule has 3 heteroatoms. The van der Waals surface area contributed by atoms with Gasteiger partial charge in [-0.2, -0.15) is 0 Å². The van der Waals surface area contributed by atoms with Gasteiger partial charge in [0.25, 0.3) is 0 Å². The minimum atomic E-state index is -0.837. The number of benzene rings is 3. The molecule has 0 N–H and O–H groups in total. The Balaban J connectivity index is 2.19. The summed E-state index contributed by atoms with van der Waals surface area (Å²) in [7, 11) is 0.612. The largest absolute Gasteiger partial charge is 0.465 e. The monoisotopic (exact) mass is 376 g/mol. The summed E-state index contributed by atoms with van der Waals surface area (Å²) >= 11 is 0. The molecule has 0 saturated carbocycles. The molecule has 2 nitrogen and oxygen atoms in total. The molecule has 0 spiro atoms. The maximum atomic E-state index is 12.5. The number of carbonyl (C=O) groups excluding carboxylic acids is 1. The molecule has 27 heavy (non-hydrogen) atoms. The summed E-state index contributed by atoms with van der Waals surface area (Å²) in [6, 6.07) is 27.1. The topological polar surface area (TPSA) is 26.3 Å². The molecule has 3 rings (SSSR count). The number of hydrogen-bond donors (Lipinski definition) is 0. The van der Waals surface area contributed by atoms with Crippen LogP contribution in [0.25, 0.3) is 0 Å². The van der Waals surface area contributed by atoms with Gasteiger partial charge >= 0.3 is 5.97 Å². The third-order valence-corrected chi connectivity index (χ3v) is 7.04. The molecule has 0 aliphatic heterocycles. The van der Waals surface area contributed by atoms with E-state index in [9.17, 15) is 4.79 Å². The Labute approximate surface area is 163 Å². The first-order valence-electron chi connectivity index (χ1n) is 9.36. The fraction of sp³-hybridized carbons (Fsp3) is 0.208. The quantitative estimate of drug-likeness (QED) is 0.446. The standard InChI is InChI=1S/C24H25O2P/c1-3-4-11-19-16-17-22(24(25)26-2)23(18-19)27(20-12-7-5-8-13-20)21-14-9-6-10-15-21/h5-10,12-18H,3-4,11H2,1-2H3. The van der Waals surface area contributed by atoms with Crippen LogP contribution >= 0.6 is 7.92 Å². The van der Waals surface area contributed by atoms with E-state index in [1.54, 1.807) is 0 Å². The third kappa shape index (κ3) is 4.64. The molecule has 0 fully saturated rings. The van der Waals surface area contributed by atoms with Crippen LogP contribution in [-0.2, 0) is 11.2 Å². The summed E-state index contributed by atoms with van der Waals surface area (Å²) < 4.78 is 5.09. The van der Waals surface area contributed by atoms with Crippen LogP contribution in [0.1, 0.15) is 35.7 Å². The molecule has 0 bridgehead atoms. The van der Waals surface area contributed by atoms with E-state index in [-0.39, 0.29) is 5.97 Å². The summed E-state index contributed by atoms with van der Waals surface area (Å²) in [5.41, 5.74) is 1.94. The maximum absolute atomic E-state index is 12.5. The van der Waals surface area contributed by atoms with E-state index < -0.39 is 7.92 Å². The zero-order valence-corrected chi connectivity index (χ0v) is 16.8. The van der Waals surface area contributed by atoms with E-state index in [4.69, 9.17) is 4.74 Å². The van der Waals surface area contributed by atoms with E-state index in [1.165, 1.54) is 23.3 Å². The summed E-state index contributed by atoms with van der Waals surface area (Å²) in [6.07, 6.45) is 3.32. The van der Waals surface area contributed by atoms with Gasteiger partial charge in [-0.15, -0.1) is 0 Å². The second-order valence-corrected chi connectivity index (χ2v) is 8.64. The average molecular weight is 376 g/mol. The SMILES string of the molecule is CCCCc1ccc(C(=O)OC)c(P(c2ccccc2)c2ccccc2)c1. The highest BCUT2D eigenvalue weighted by atomic mass is 31.1. The highest BCUT2D eigenvalue weighted by Gasteiger charge is 2.23. The second kappa shape index (κ2) is 9.48. The van der Waals surface area contributed by atoms with Gasteiger partial charge in [-0.1, -0.05) is 80.1 Å². The molecule has 0 heterocycles. The first kappa shape index (κ1) is 19.3. The predicted molar refractivity (Wildman–Crippen MR) is 115 cm³/mol. The smallest absolute Gasteiger partial charge is 0.338 e. The summed E-state index contributed by atoms with van der Waals surface area (Å²) in [5, 5.41) is 3.54. The fourth-order valence-electron chi connectivity index (χ4n) is 3.16. The number of ether oxygens (including phenoxy) is 1. The Kier molecular flexibility index (Phi) is 6.79. The van der Waals surface area contributed by atoms with Gasteiger partial charge in [0.15, 0.2) is 0 Å². The molecule has 0 aromatic heterocycles. The lowest BCUT2D eigenvalue weighted by molar-refractivity contribution is 0.0602. The second-order valence-electron chi connectivity index (χ2n) is 6.45. The van der Waals surface area contributed by atoms with Gasteiger partial charge in [-0.25, -0.2) is 4.79 Å². The number of aryl methyl sites for hydroxylation is 1. The lowest BCUT2D eigenvalue weighted by Gasteiger charge is -2.22. The van der Waals surface area contributed by atoms with Gasteiger partial charge in [0.05, 0.1) is 12.7 Å². The molecule has 138 valence electrons. The maximum Gasteiger partial charge on any atom is 0.338 e. The Morgan fingerprint density at radius 2 is 1.48 bits per heavy atom. The molecule has 0 radical (unpaired) electrons. The molecular weight excluding hydrogens is 351 g/mol. The molecule has 3 aromatic rings. The first-order valence-corrected chi connectivity index (χ1v) is 10.7. The number of carbonyl (C=O) groups is 1. The highest BCUT2D eigenvalue weighted by molar-refractivity contribution is 7.80. The molecule has 0 aliphatic carbocycles. The van der Waals surface area contributed by atoms with Crippen LogP contribution in [0, 0.1) is 0 Å². The van der Waals surface area contributed by atoms with E-state index in [0.717, 1.165) is 24.6 Å². The van der Waals surface area contributed by atoms with Gasteiger partial charge in [0.2, 0.25) is 0 Å². The highest BCUT2D eigenvalue weighted by Crippen LogP contribution is 2.34. The van der Waals surface area contributed by atoms with Crippen molar-refractivity contribution in [2.75, 3.05) is 7.11 Å². The predicted octanol–water partition coefficient (Wildman–Crippen LogP) is 4.57. The number of methoxy groups -OCH3 is 1. The van der Waals surface area contributed by atoms with Crippen molar-refractivity contribution < 1.29 is 9.53 Å². The number of esters is 1. The summed E-state index contributed by atoms with van der Waals surface area (Å²) in [5.74, 6) is -0.272. The van der Waals surface area contributed by atoms with Crippen molar-refractivity contribution in [1.82, 2.24) is 0 Å². The van der Waals surface area contributed by atoms with Gasteiger partial charge in [0.1, 0.15) is 0 Å². The van der Waals surface area contributed by atoms with Crippen LogP contribution in [0.4, 0.5) is 0 Å². The Bertz CT molecular complexity index is 836. The fourth-order valence-corrected chi connectivity index (χ4v) is 5.66.